The maximum atomic E-state index is 9.22. The van der Waals surface area contributed by atoms with Gasteiger partial charge in [-0.15, -0.1) is 10.2 Å². The third kappa shape index (κ3) is 5.77. The average Bonchev–Trinajstić information content (AvgIpc) is 3.50. The van der Waals surface area contributed by atoms with E-state index in [1.807, 2.05) is 44.2 Å². The number of rotatable bonds is 7. The quantitative estimate of drug-likeness (QED) is 0.205. The second-order valence-corrected chi connectivity index (χ2v) is 10.6. The molecule has 7 nitrogen and oxygen atoms in total. The van der Waals surface area contributed by atoms with Crippen LogP contribution in [0.1, 0.15) is 28.3 Å². The summed E-state index contributed by atoms with van der Waals surface area (Å²) in [6, 6.07) is 17.9. The molecule has 2 heterocycles. The topological polar surface area (TPSA) is 96.9 Å². The van der Waals surface area contributed by atoms with Crippen LogP contribution >= 0.6 is 46.1 Å². The summed E-state index contributed by atoms with van der Waals surface area (Å²) in [6.07, 6.45) is 0.374. The number of hydrogen-bond donors (Lipinski definition) is 1. The Balaban J connectivity index is 1.36. The number of aryl methyl sites for hydroxylation is 1. The number of nitrogens with zero attached hydrogens (tertiary/aromatic N) is 4. The van der Waals surface area contributed by atoms with Crippen molar-refractivity contribution in [3.8, 4) is 28.3 Å². The van der Waals surface area contributed by atoms with Crippen LogP contribution in [0.5, 0.6) is 11.5 Å². The molecule has 5 rings (SSSR count). The minimum Gasteiger partial charge on any atom is -0.455 e. The van der Waals surface area contributed by atoms with Gasteiger partial charge in [0.15, 0.2) is 5.13 Å². The van der Waals surface area contributed by atoms with Gasteiger partial charge in [-0.2, -0.15) is 5.26 Å². The zero-order valence-corrected chi connectivity index (χ0v) is 23.1. The second kappa shape index (κ2) is 11.0. The van der Waals surface area contributed by atoms with Crippen molar-refractivity contribution in [2.75, 3.05) is 5.32 Å². The number of aromatic nitrogens is 3. The summed E-state index contributed by atoms with van der Waals surface area (Å²) >= 11 is 20.0. The van der Waals surface area contributed by atoms with E-state index in [4.69, 9.17) is 44.0 Å². The number of nitriles is 1. The lowest BCUT2D eigenvalue weighted by molar-refractivity contribution is 0.477. The summed E-state index contributed by atoms with van der Waals surface area (Å²) in [4.78, 5) is 5.36. The van der Waals surface area contributed by atoms with Crippen molar-refractivity contribution >= 4 is 57.0 Å². The van der Waals surface area contributed by atoms with Gasteiger partial charge in [0.25, 0.3) is 5.89 Å². The molecule has 5 aromatic rings. The predicted octanol–water partition coefficient (Wildman–Crippen LogP) is 8.77. The molecule has 0 aliphatic rings. The number of nitrogens with one attached hydrogen (secondary N) is 1. The largest absolute Gasteiger partial charge is 0.455 e. The van der Waals surface area contributed by atoms with Crippen LogP contribution in [0.3, 0.4) is 0 Å². The number of hydrogen-bond acceptors (Lipinski definition) is 8. The molecule has 0 amide bonds. The summed E-state index contributed by atoms with van der Waals surface area (Å²) < 4.78 is 12.0. The Kier molecular flexibility index (Phi) is 7.54. The fourth-order valence-corrected chi connectivity index (χ4v) is 5.21. The van der Waals surface area contributed by atoms with Gasteiger partial charge in [-0.1, -0.05) is 52.2 Å². The molecule has 190 valence electrons. The lowest BCUT2D eigenvalue weighted by Crippen LogP contribution is -1.97. The molecule has 0 saturated carbocycles. The van der Waals surface area contributed by atoms with Gasteiger partial charge in [0, 0.05) is 15.7 Å². The monoisotopic (exact) mass is 581 g/mol. The van der Waals surface area contributed by atoms with Gasteiger partial charge in [0.1, 0.15) is 16.4 Å². The highest BCUT2D eigenvalue weighted by molar-refractivity contribution is 7.19. The Morgan fingerprint density at radius 2 is 1.79 bits per heavy atom. The summed E-state index contributed by atoms with van der Waals surface area (Å²) in [7, 11) is 0. The lowest BCUT2D eigenvalue weighted by atomic mass is 10.0. The Bertz CT molecular complexity index is 1680. The van der Waals surface area contributed by atoms with Crippen LogP contribution in [0.2, 0.25) is 15.1 Å². The van der Waals surface area contributed by atoms with Gasteiger partial charge in [-0.05, 0) is 73.5 Å². The fraction of sp³-hybridized carbons (Fsp3) is 0.111. The van der Waals surface area contributed by atoms with Crippen molar-refractivity contribution < 1.29 is 9.15 Å². The van der Waals surface area contributed by atoms with Crippen molar-refractivity contribution in [2.24, 2.45) is 0 Å². The third-order valence-electron chi connectivity index (χ3n) is 5.59. The molecule has 3 aromatic carbocycles. The second-order valence-electron chi connectivity index (χ2n) is 8.29. The van der Waals surface area contributed by atoms with E-state index < -0.39 is 0 Å². The molecule has 0 spiro atoms. The fourth-order valence-electron chi connectivity index (χ4n) is 3.70. The highest BCUT2D eigenvalue weighted by atomic mass is 35.5. The van der Waals surface area contributed by atoms with Gasteiger partial charge in [0.05, 0.1) is 28.8 Å². The maximum Gasteiger partial charge on any atom is 0.259 e. The van der Waals surface area contributed by atoms with E-state index in [9.17, 15) is 5.26 Å². The van der Waals surface area contributed by atoms with E-state index in [-0.39, 0.29) is 0 Å². The molecule has 0 aliphatic carbocycles. The van der Waals surface area contributed by atoms with Gasteiger partial charge >= 0.3 is 0 Å². The maximum absolute atomic E-state index is 9.22. The molecule has 0 fully saturated rings. The molecule has 0 aliphatic heterocycles. The molecular formula is C27H18Cl3N5O2S. The Morgan fingerprint density at radius 3 is 2.55 bits per heavy atom. The van der Waals surface area contributed by atoms with Gasteiger partial charge in [0.2, 0.25) is 5.89 Å². The van der Waals surface area contributed by atoms with Crippen LogP contribution in [0, 0.1) is 25.2 Å². The van der Waals surface area contributed by atoms with Crippen molar-refractivity contribution in [3.05, 3.63) is 97.9 Å². The number of benzene rings is 3. The molecular weight excluding hydrogens is 565 g/mol. The highest BCUT2D eigenvalue weighted by Crippen LogP contribution is 2.37. The van der Waals surface area contributed by atoms with Gasteiger partial charge in [-0.3, -0.25) is 0 Å². The zero-order chi connectivity index (χ0) is 26.8. The average molecular weight is 583 g/mol. The summed E-state index contributed by atoms with van der Waals surface area (Å²) in [5.41, 5.74) is 3.74. The predicted molar refractivity (Wildman–Crippen MR) is 150 cm³/mol. The standard InChI is InChI=1S/C27H18Cl3N5O2S/c1-14-17(3-8-22(30)24(14)36-21-10-16(13-31)9-19(29)12-21)11-23-34-35-26(37-23)25-15(2)32-27(38-25)33-20-6-4-18(28)5-7-20/h3-10,12H,11H2,1-2H3,(H,32,33). The molecule has 0 bridgehead atoms. The van der Waals surface area contributed by atoms with E-state index in [0.29, 0.717) is 55.5 Å². The molecule has 0 radical (unpaired) electrons. The number of thiazole rings is 1. The van der Waals surface area contributed by atoms with Crippen LogP contribution in [-0.4, -0.2) is 15.2 Å². The van der Waals surface area contributed by atoms with E-state index in [1.54, 1.807) is 24.3 Å². The van der Waals surface area contributed by atoms with Crippen LogP contribution in [0.4, 0.5) is 10.8 Å². The lowest BCUT2D eigenvalue weighted by Gasteiger charge is -2.14. The van der Waals surface area contributed by atoms with Crippen LogP contribution in [0.15, 0.2) is 59.0 Å². The molecule has 0 unspecified atom stereocenters. The number of halogens is 3. The first-order chi connectivity index (χ1) is 18.3. The smallest absolute Gasteiger partial charge is 0.259 e. The summed E-state index contributed by atoms with van der Waals surface area (Å²) in [5, 5.41) is 23.2. The third-order valence-corrected chi connectivity index (χ3v) is 7.41. The first kappa shape index (κ1) is 26.0. The summed E-state index contributed by atoms with van der Waals surface area (Å²) in [6.45, 7) is 3.79. The van der Waals surface area contributed by atoms with E-state index in [0.717, 1.165) is 27.4 Å². The minimum absolute atomic E-state index is 0.374. The van der Waals surface area contributed by atoms with Crippen LogP contribution < -0.4 is 10.1 Å². The molecule has 0 saturated heterocycles. The molecule has 2 aromatic heterocycles. The number of ether oxygens (including phenoxy) is 1. The molecule has 0 atom stereocenters. The van der Waals surface area contributed by atoms with Crippen LogP contribution in [-0.2, 0) is 6.42 Å². The molecule has 38 heavy (non-hydrogen) atoms. The van der Waals surface area contributed by atoms with Gasteiger partial charge < -0.3 is 14.5 Å². The van der Waals surface area contributed by atoms with Crippen molar-refractivity contribution in [3.63, 3.8) is 0 Å². The SMILES string of the molecule is Cc1nc(Nc2ccc(Cl)cc2)sc1-c1nnc(Cc2ccc(Cl)c(Oc3cc(Cl)cc(C#N)c3)c2C)o1. The van der Waals surface area contributed by atoms with E-state index >= 15 is 0 Å². The molecule has 11 heteroatoms. The Hall–Kier alpha value is -3.61. The van der Waals surface area contributed by atoms with Crippen LogP contribution in [0.25, 0.3) is 10.8 Å². The van der Waals surface area contributed by atoms with E-state index in [2.05, 4.69) is 26.6 Å². The first-order valence-electron chi connectivity index (χ1n) is 11.3. The Labute approximate surface area is 237 Å². The Morgan fingerprint density at radius 1 is 1.00 bits per heavy atom. The highest BCUT2D eigenvalue weighted by Gasteiger charge is 2.19. The molecule has 1 N–H and O–H groups in total. The van der Waals surface area contributed by atoms with Gasteiger partial charge in [-0.25, -0.2) is 4.98 Å². The van der Waals surface area contributed by atoms with Crippen molar-refractivity contribution in [2.45, 2.75) is 20.3 Å². The van der Waals surface area contributed by atoms with Crippen molar-refractivity contribution in [1.82, 2.24) is 15.2 Å². The van der Waals surface area contributed by atoms with E-state index in [1.165, 1.54) is 11.3 Å². The summed E-state index contributed by atoms with van der Waals surface area (Å²) in [5.74, 6) is 1.71. The van der Waals surface area contributed by atoms with Crippen molar-refractivity contribution in [1.29, 1.82) is 5.26 Å². The first-order valence-corrected chi connectivity index (χ1v) is 13.2. The number of anilines is 2. The minimum atomic E-state index is 0.374. The normalized spacial score (nSPS) is 10.8. The zero-order valence-electron chi connectivity index (χ0n) is 20.1.